The van der Waals surface area contributed by atoms with Crippen LogP contribution in [-0.2, 0) is 9.59 Å². The lowest BCUT2D eigenvalue weighted by atomic mass is 9.85. The molecular formula is C27H32FN5O3. The monoisotopic (exact) mass is 493 g/mol. The number of amides is 2. The fourth-order valence-electron chi connectivity index (χ4n) is 5.01. The zero-order valence-electron chi connectivity index (χ0n) is 20.8. The van der Waals surface area contributed by atoms with Crippen molar-refractivity contribution >= 4 is 28.7 Å². The van der Waals surface area contributed by atoms with E-state index >= 15 is 0 Å². The lowest BCUT2D eigenvalue weighted by Crippen LogP contribution is -2.45. The molecule has 3 aromatic rings. The normalized spacial score (nSPS) is 20.9. The van der Waals surface area contributed by atoms with E-state index in [4.69, 9.17) is 0 Å². The molecule has 36 heavy (non-hydrogen) atoms. The molecule has 0 aliphatic heterocycles. The van der Waals surface area contributed by atoms with Gasteiger partial charge in [0.15, 0.2) is 5.82 Å². The summed E-state index contributed by atoms with van der Waals surface area (Å²) in [5.74, 6) is -0.743. The molecule has 2 aliphatic carbocycles. The van der Waals surface area contributed by atoms with Gasteiger partial charge in [0.25, 0.3) is 5.91 Å². The Morgan fingerprint density at radius 2 is 1.97 bits per heavy atom. The Labute approximate surface area is 209 Å². The van der Waals surface area contributed by atoms with Crippen molar-refractivity contribution in [1.29, 1.82) is 0 Å². The number of benzene rings is 1. The molecule has 2 saturated carbocycles. The molecular weight excluding hydrogens is 461 g/mol. The van der Waals surface area contributed by atoms with Gasteiger partial charge in [0.2, 0.25) is 5.91 Å². The second kappa shape index (κ2) is 9.28. The van der Waals surface area contributed by atoms with Crippen LogP contribution in [0.4, 0.5) is 10.2 Å². The number of aromatic nitrogens is 3. The molecule has 2 aliphatic rings. The number of anilines is 1. The van der Waals surface area contributed by atoms with Crippen LogP contribution >= 0.6 is 0 Å². The van der Waals surface area contributed by atoms with Gasteiger partial charge in [0.05, 0.1) is 11.8 Å². The number of fused-ring (bicyclic) bond motifs is 1. The third kappa shape index (κ3) is 4.72. The molecule has 0 radical (unpaired) electrons. The molecule has 0 bridgehead atoms. The highest BCUT2D eigenvalue weighted by Gasteiger charge is 2.48. The van der Waals surface area contributed by atoms with Crippen LogP contribution in [0.2, 0.25) is 0 Å². The molecule has 3 N–H and O–H groups in total. The Balaban J connectivity index is 1.33. The number of hydrogen-bond acceptors (Lipinski definition) is 5. The number of pyridine rings is 1. The molecule has 2 fully saturated rings. The van der Waals surface area contributed by atoms with Gasteiger partial charge in [-0.05, 0) is 87.8 Å². The summed E-state index contributed by atoms with van der Waals surface area (Å²) >= 11 is 0. The molecule has 0 spiro atoms. The van der Waals surface area contributed by atoms with Gasteiger partial charge in [0.1, 0.15) is 16.9 Å². The minimum absolute atomic E-state index is 0.131. The zero-order valence-corrected chi connectivity index (χ0v) is 20.8. The van der Waals surface area contributed by atoms with Crippen LogP contribution < -0.4 is 10.6 Å². The molecule has 1 aromatic carbocycles. The number of carbonyl (C=O) groups excluding carboxylic acids is 2. The number of nitrogens with one attached hydrogen (secondary N) is 2. The van der Waals surface area contributed by atoms with Crippen molar-refractivity contribution < 1.29 is 19.1 Å². The first-order chi connectivity index (χ1) is 17.1. The number of aryl methyl sites for hydroxylation is 1. The number of imidazole rings is 1. The Morgan fingerprint density at radius 1 is 1.19 bits per heavy atom. The molecule has 190 valence electrons. The van der Waals surface area contributed by atoms with Crippen LogP contribution in [0.15, 0.2) is 30.7 Å². The van der Waals surface area contributed by atoms with E-state index in [9.17, 15) is 19.1 Å². The first-order valence-corrected chi connectivity index (χ1v) is 12.6. The zero-order chi connectivity index (χ0) is 25.6. The second-order valence-corrected chi connectivity index (χ2v) is 10.5. The highest BCUT2D eigenvalue weighted by Crippen LogP contribution is 2.36. The lowest BCUT2D eigenvalue weighted by molar-refractivity contribution is -0.133. The molecule has 2 atom stereocenters. The standard InChI is InChI=1S/C27H32FN5O3/c1-15(2)33-14-30-24-21(28)10-18(11-22(24)33)20-12-23(29-13-16(20)3)32-25(34)17-5-4-6-19(9-17)31-26(35)27(36)7-8-27/h10-15,17,19,36H,4-9H2,1-3H3,(H,31,35)(H,29,32,34)/t17-,19+/m0/s1. The Kier molecular flexibility index (Phi) is 6.28. The molecule has 2 heterocycles. The summed E-state index contributed by atoms with van der Waals surface area (Å²) in [6.45, 7) is 5.94. The van der Waals surface area contributed by atoms with E-state index in [0.717, 1.165) is 30.4 Å². The predicted octanol–water partition coefficient (Wildman–Crippen LogP) is 4.27. The van der Waals surface area contributed by atoms with E-state index in [-0.39, 0.29) is 29.8 Å². The molecule has 2 aromatic heterocycles. The summed E-state index contributed by atoms with van der Waals surface area (Å²) in [5.41, 5.74) is 2.17. The van der Waals surface area contributed by atoms with E-state index < -0.39 is 11.4 Å². The largest absolute Gasteiger partial charge is 0.380 e. The van der Waals surface area contributed by atoms with Gasteiger partial charge in [-0.3, -0.25) is 9.59 Å². The summed E-state index contributed by atoms with van der Waals surface area (Å²) in [7, 11) is 0. The van der Waals surface area contributed by atoms with E-state index in [1.165, 1.54) is 6.07 Å². The van der Waals surface area contributed by atoms with Crippen molar-refractivity contribution in [2.75, 3.05) is 5.32 Å². The molecule has 2 amide bonds. The summed E-state index contributed by atoms with van der Waals surface area (Å²) in [6.07, 6.45) is 7.17. The van der Waals surface area contributed by atoms with Gasteiger partial charge in [-0.1, -0.05) is 6.42 Å². The quantitative estimate of drug-likeness (QED) is 0.475. The van der Waals surface area contributed by atoms with E-state index in [1.807, 2.05) is 31.4 Å². The van der Waals surface area contributed by atoms with Crippen LogP contribution in [0.1, 0.15) is 64.0 Å². The van der Waals surface area contributed by atoms with E-state index in [0.29, 0.717) is 41.7 Å². The highest BCUT2D eigenvalue weighted by molar-refractivity contribution is 5.93. The maximum Gasteiger partial charge on any atom is 0.252 e. The van der Waals surface area contributed by atoms with Crippen molar-refractivity contribution in [2.24, 2.45) is 5.92 Å². The third-order valence-corrected chi connectivity index (χ3v) is 7.38. The lowest BCUT2D eigenvalue weighted by Gasteiger charge is -2.29. The van der Waals surface area contributed by atoms with Crippen molar-refractivity contribution in [3.63, 3.8) is 0 Å². The average Bonchev–Trinajstić information content (AvgIpc) is 3.44. The summed E-state index contributed by atoms with van der Waals surface area (Å²) in [4.78, 5) is 33.9. The van der Waals surface area contributed by atoms with E-state index in [1.54, 1.807) is 18.6 Å². The SMILES string of the molecule is Cc1cnc(NC(=O)[C@H]2CCC[C@@H](NC(=O)C3(O)CC3)C2)cc1-c1cc(F)c2ncn(C(C)C)c2c1. The first kappa shape index (κ1) is 24.4. The number of aliphatic hydroxyl groups is 1. The topological polar surface area (TPSA) is 109 Å². The van der Waals surface area contributed by atoms with Crippen LogP contribution in [0.5, 0.6) is 0 Å². The molecule has 0 saturated heterocycles. The van der Waals surface area contributed by atoms with Gasteiger partial charge in [0, 0.05) is 24.2 Å². The smallest absolute Gasteiger partial charge is 0.252 e. The number of nitrogens with zero attached hydrogens (tertiary/aromatic N) is 3. The van der Waals surface area contributed by atoms with Gasteiger partial charge in [-0.25, -0.2) is 14.4 Å². The average molecular weight is 494 g/mol. The van der Waals surface area contributed by atoms with Crippen molar-refractivity contribution in [3.05, 3.63) is 42.1 Å². The Hall–Kier alpha value is -3.33. The Bertz CT molecular complexity index is 1330. The van der Waals surface area contributed by atoms with Crippen molar-refractivity contribution in [1.82, 2.24) is 19.9 Å². The van der Waals surface area contributed by atoms with Crippen LogP contribution in [0.25, 0.3) is 22.2 Å². The van der Waals surface area contributed by atoms with Gasteiger partial charge >= 0.3 is 0 Å². The first-order valence-electron chi connectivity index (χ1n) is 12.6. The minimum atomic E-state index is -1.22. The summed E-state index contributed by atoms with van der Waals surface area (Å²) in [5, 5.41) is 15.8. The van der Waals surface area contributed by atoms with Crippen molar-refractivity contribution in [2.45, 2.75) is 77.0 Å². The number of hydrogen-bond donors (Lipinski definition) is 3. The summed E-state index contributed by atoms with van der Waals surface area (Å²) < 4.78 is 16.8. The van der Waals surface area contributed by atoms with E-state index in [2.05, 4.69) is 20.6 Å². The van der Waals surface area contributed by atoms with Crippen molar-refractivity contribution in [3.8, 4) is 11.1 Å². The molecule has 8 nitrogen and oxygen atoms in total. The Morgan fingerprint density at radius 3 is 2.69 bits per heavy atom. The van der Waals surface area contributed by atoms with Gasteiger partial charge in [-0.2, -0.15) is 0 Å². The maximum absolute atomic E-state index is 14.9. The number of carbonyl (C=O) groups is 2. The number of rotatable bonds is 6. The maximum atomic E-state index is 14.9. The van der Waals surface area contributed by atoms with Gasteiger partial charge < -0.3 is 20.3 Å². The molecule has 0 unspecified atom stereocenters. The van der Waals surface area contributed by atoms with Gasteiger partial charge in [-0.15, -0.1) is 0 Å². The minimum Gasteiger partial charge on any atom is -0.380 e. The fourth-order valence-corrected chi connectivity index (χ4v) is 5.01. The molecule has 9 heteroatoms. The van der Waals surface area contributed by atoms with Crippen LogP contribution in [-0.4, -0.2) is 43.1 Å². The third-order valence-electron chi connectivity index (χ3n) is 7.38. The summed E-state index contributed by atoms with van der Waals surface area (Å²) in [6, 6.07) is 5.16. The fraction of sp³-hybridized carbons (Fsp3) is 0.481. The number of halogens is 1. The molecule has 5 rings (SSSR count). The van der Waals surface area contributed by atoms with Crippen LogP contribution in [0, 0.1) is 18.7 Å². The van der Waals surface area contributed by atoms with Crippen LogP contribution in [0.3, 0.4) is 0 Å². The predicted molar refractivity (Wildman–Crippen MR) is 135 cm³/mol. The highest BCUT2D eigenvalue weighted by atomic mass is 19.1. The second-order valence-electron chi connectivity index (χ2n) is 10.5.